The minimum atomic E-state index is -0.502. The molecule has 0 aliphatic heterocycles. The lowest BCUT2D eigenvalue weighted by molar-refractivity contribution is -0.386. The van der Waals surface area contributed by atoms with Crippen molar-refractivity contribution in [2.24, 2.45) is 7.05 Å². The van der Waals surface area contributed by atoms with Gasteiger partial charge in [0.25, 0.3) is 5.88 Å². The van der Waals surface area contributed by atoms with E-state index in [2.05, 4.69) is 4.98 Å². The maximum absolute atomic E-state index is 10.7. The lowest BCUT2D eigenvalue weighted by Crippen LogP contribution is -1.98. The molecule has 2 heterocycles. The van der Waals surface area contributed by atoms with Gasteiger partial charge in [0.05, 0.1) is 12.0 Å². The maximum atomic E-state index is 10.7. The van der Waals surface area contributed by atoms with Gasteiger partial charge < -0.3 is 9.30 Å². The number of aromatic nitrogens is 2. The van der Waals surface area contributed by atoms with Gasteiger partial charge in [-0.3, -0.25) is 10.1 Å². The van der Waals surface area contributed by atoms with E-state index >= 15 is 0 Å². The zero-order chi connectivity index (χ0) is 11.0. The second-order valence-electron chi connectivity index (χ2n) is 3.11. The molecule has 0 aliphatic carbocycles. The minimum Gasteiger partial charge on any atom is -0.476 e. The van der Waals surface area contributed by atoms with Crippen LogP contribution in [0.15, 0.2) is 18.3 Å². The first-order valence-corrected chi connectivity index (χ1v) is 4.28. The first-order chi connectivity index (χ1) is 7.13. The summed E-state index contributed by atoms with van der Waals surface area (Å²) < 4.78 is 6.65. The number of hydrogen-bond donors (Lipinski definition) is 0. The van der Waals surface area contributed by atoms with E-state index in [1.165, 1.54) is 13.2 Å². The van der Waals surface area contributed by atoms with Crippen molar-refractivity contribution in [1.82, 2.24) is 9.55 Å². The van der Waals surface area contributed by atoms with E-state index in [-0.39, 0.29) is 11.6 Å². The van der Waals surface area contributed by atoms with Gasteiger partial charge in [-0.25, -0.2) is 0 Å². The van der Waals surface area contributed by atoms with Crippen molar-refractivity contribution in [1.29, 1.82) is 0 Å². The summed E-state index contributed by atoms with van der Waals surface area (Å²) in [6.07, 6.45) is 1.79. The summed E-state index contributed by atoms with van der Waals surface area (Å²) in [5, 5.41) is 11.4. The van der Waals surface area contributed by atoms with Crippen molar-refractivity contribution in [3.63, 3.8) is 0 Å². The summed E-state index contributed by atoms with van der Waals surface area (Å²) in [6, 6.07) is 3.23. The van der Waals surface area contributed by atoms with Crippen LogP contribution in [-0.4, -0.2) is 21.6 Å². The van der Waals surface area contributed by atoms with Crippen molar-refractivity contribution < 1.29 is 9.66 Å². The summed E-state index contributed by atoms with van der Waals surface area (Å²) in [7, 11) is 3.19. The van der Waals surface area contributed by atoms with Crippen molar-refractivity contribution >= 4 is 16.7 Å². The predicted molar refractivity (Wildman–Crippen MR) is 53.9 cm³/mol. The van der Waals surface area contributed by atoms with Crippen molar-refractivity contribution in [3.8, 4) is 5.88 Å². The Labute approximate surface area is 85.2 Å². The van der Waals surface area contributed by atoms with Gasteiger partial charge in [-0.2, -0.15) is 4.98 Å². The molecule has 0 N–H and O–H groups in total. The fourth-order valence-corrected chi connectivity index (χ4v) is 1.44. The molecule has 78 valence electrons. The van der Waals surface area contributed by atoms with Crippen molar-refractivity contribution in [2.75, 3.05) is 7.11 Å². The number of hydrogen-bond acceptors (Lipinski definition) is 4. The van der Waals surface area contributed by atoms with E-state index in [1.807, 2.05) is 7.05 Å². The fraction of sp³-hybridized carbons (Fsp3) is 0.222. The Balaban J connectivity index is 2.76. The van der Waals surface area contributed by atoms with Crippen molar-refractivity contribution in [3.05, 3.63) is 28.4 Å². The number of fused-ring (bicyclic) bond motifs is 1. The molecular weight excluding hydrogens is 198 g/mol. The molecule has 0 atom stereocenters. The molecular formula is C9H9N3O3. The quantitative estimate of drug-likeness (QED) is 0.552. The van der Waals surface area contributed by atoms with Crippen LogP contribution in [0, 0.1) is 10.1 Å². The number of ether oxygens (including phenoxy) is 1. The zero-order valence-electron chi connectivity index (χ0n) is 8.30. The van der Waals surface area contributed by atoms with Gasteiger partial charge in [0.15, 0.2) is 0 Å². The summed E-state index contributed by atoms with van der Waals surface area (Å²) in [4.78, 5) is 14.3. The summed E-state index contributed by atoms with van der Waals surface area (Å²) in [5.74, 6) is 0.0364. The van der Waals surface area contributed by atoms with Gasteiger partial charge in [0.1, 0.15) is 5.65 Å². The van der Waals surface area contributed by atoms with Gasteiger partial charge in [0, 0.05) is 24.7 Å². The molecule has 6 nitrogen and oxygen atoms in total. The monoisotopic (exact) mass is 207 g/mol. The molecule has 0 fully saturated rings. The molecule has 0 bridgehead atoms. The molecule has 2 rings (SSSR count). The first-order valence-electron chi connectivity index (χ1n) is 4.28. The van der Waals surface area contributed by atoms with Crippen LogP contribution in [-0.2, 0) is 7.05 Å². The Morgan fingerprint density at radius 2 is 2.33 bits per heavy atom. The smallest absolute Gasteiger partial charge is 0.331 e. The highest BCUT2D eigenvalue weighted by molar-refractivity contribution is 5.80. The molecule has 0 radical (unpaired) electrons. The molecule has 0 amide bonds. The summed E-state index contributed by atoms with van der Waals surface area (Å²) >= 11 is 0. The molecule has 2 aromatic rings. The van der Waals surface area contributed by atoms with Gasteiger partial charge in [-0.15, -0.1) is 0 Å². The molecule has 0 saturated carbocycles. The number of rotatable bonds is 2. The minimum absolute atomic E-state index is 0.0364. The highest BCUT2D eigenvalue weighted by atomic mass is 16.6. The van der Waals surface area contributed by atoms with Crippen LogP contribution in [0.25, 0.3) is 11.0 Å². The molecule has 0 saturated heterocycles. The van der Waals surface area contributed by atoms with Gasteiger partial charge >= 0.3 is 5.69 Å². The molecule has 15 heavy (non-hydrogen) atoms. The third-order valence-electron chi connectivity index (χ3n) is 2.18. The number of methoxy groups -OCH3 is 1. The third kappa shape index (κ3) is 1.39. The van der Waals surface area contributed by atoms with Crippen LogP contribution < -0.4 is 4.74 Å². The lowest BCUT2D eigenvalue weighted by Gasteiger charge is -2.01. The Morgan fingerprint density at radius 1 is 1.60 bits per heavy atom. The van der Waals surface area contributed by atoms with Crippen LogP contribution in [0.2, 0.25) is 0 Å². The molecule has 0 unspecified atom stereocenters. The average molecular weight is 207 g/mol. The number of nitrogens with zero attached hydrogens (tertiary/aromatic N) is 3. The molecule has 0 aliphatic rings. The van der Waals surface area contributed by atoms with E-state index in [4.69, 9.17) is 4.74 Å². The fourth-order valence-electron chi connectivity index (χ4n) is 1.44. The maximum Gasteiger partial charge on any atom is 0.331 e. The van der Waals surface area contributed by atoms with E-state index in [1.54, 1.807) is 16.8 Å². The largest absolute Gasteiger partial charge is 0.476 e. The summed E-state index contributed by atoms with van der Waals surface area (Å²) in [6.45, 7) is 0. The molecule has 0 spiro atoms. The van der Waals surface area contributed by atoms with Gasteiger partial charge in [0.2, 0.25) is 0 Å². The van der Waals surface area contributed by atoms with Gasteiger partial charge in [-0.1, -0.05) is 0 Å². The average Bonchev–Trinajstić information content (AvgIpc) is 2.58. The van der Waals surface area contributed by atoms with E-state index in [0.29, 0.717) is 5.65 Å². The number of pyridine rings is 1. The normalized spacial score (nSPS) is 10.5. The van der Waals surface area contributed by atoms with E-state index < -0.39 is 4.92 Å². The van der Waals surface area contributed by atoms with Crippen LogP contribution >= 0.6 is 0 Å². The van der Waals surface area contributed by atoms with Crippen LogP contribution in [0.1, 0.15) is 0 Å². The number of aryl methyl sites for hydroxylation is 1. The first kappa shape index (κ1) is 9.45. The van der Waals surface area contributed by atoms with Crippen molar-refractivity contribution in [2.45, 2.75) is 0 Å². The Kier molecular flexibility index (Phi) is 2.03. The van der Waals surface area contributed by atoms with Crippen LogP contribution in [0.3, 0.4) is 0 Å². The Hall–Kier alpha value is -2.11. The SMILES string of the molecule is COc1nc2c(ccn2C)cc1[N+](=O)[O-]. The van der Waals surface area contributed by atoms with Gasteiger partial charge in [-0.05, 0) is 6.07 Å². The highest BCUT2D eigenvalue weighted by Crippen LogP contribution is 2.28. The van der Waals surface area contributed by atoms with Crippen LogP contribution in [0.5, 0.6) is 5.88 Å². The topological polar surface area (TPSA) is 70.2 Å². The standard InChI is InChI=1S/C9H9N3O3/c1-11-4-3-6-5-7(12(13)14)9(15-2)10-8(6)11/h3-5H,1-2H3. The molecule has 0 aromatic carbocycles. The Bertz CT molecular complexity index is 533. The van der Waals surface area contributed by atoms with E-state index in [0.717, 1.165) is 5.39 Å². The Morgan fingerprint density at radius 3 is 2.93 bits per heavy atom. The molecule has 6 heteroatoms. The second-order valence-corrected chi connectivity index (χ2v) is 3.11. The highest BCUT2D eigenvalue weighted by Gasteiger charge is 2.18. The second kappa shape index (κ2) is 3.23. The lowest BCUT2D eigenvalue weighted by atomic mass is 10.3. The number of nitro groups is 1. The summed E-state index contributed by atoms with van der Waals surface area (Å²) in [5.41, 5.74) is 0.550. The molecule has 2 aromatic heterocycles. The predicted octanol–water partition coefficient (Wildman–Crippen LogP) is 1.49. The van der Waals surface area contributed by atoms with Crippen LogP contribution in [0.4, 0.5) is 5.69 Å². The third-order valence-corrected chi connectivity index (χ3v) is 2.18. The zero-order valence-corrected chi connectivity index (χ0v) is 8.30. The van der Waals surface area contributed by atoms with E-state index in [9.17, 15) is 10.1 Å².